The maximum atomic E-state index is 11.6. The van der Waals surface area contributed by atoms with E-state index < -0.39 is 6.04 Å². The van der Waals surface area contributed by atoms with E-state index in [4.69, 9.17) is 5.73 Å². The number of hydrogen-bond acceptors (Lipinski definition) is 4. The molecule has 0 aliphatic carbocycles. The molecule has 1 aliphatic heterocycles. The molecule has 0 radical (unpaired) electrons. The second-order valence-electron chi connectivity index (χ2n) is 3.85. The van der Waals surface area contributed by atoms with Crippen LogP contribution in [0.2, 0.25) is 0 Å². The first-order valence-electron chi connectivity index (χ1n) is 5.13. The summed E-state index contributed by atoms with van der Waals surface area (Å²) in [6.45, 7) is 2.07. The van der Waals surface area contributed by atoms with Crippen molar-refractivity contribution < 1.29 is 9.59 Å². The minimum atomic E-state index is -0.422. The molecule has 2 heterocycles. The Morgan fingerprint density at radius 2 is 2.31 bits per heavy atom. The van der Waals surface area contributed by atoms with Crippen LogP contribution in [0.1, 0.15) is 23.7 Å². The van der Waals surface area contributed by atoms with Crippen molar-refractivity contribution >= 4 is 17.5 Å². The fourth-order valence-corrected chi connectivity index (χ4v) is 1.68. The van der Waals surface area contributed by atoms with Gasteiger partial charge in [-0.25, -0.2) is 4.98 Å². The molecule has 84 valence electrons. The van der Waals surface area contributed by atoms with Gasteiger partial charge in [0.2, 0.25) is 5.91 Å². The van der Waals surface area contributed by atoms with Gasteiger partial charge in [-0.05, 0) is 25.5 Å². The Kier molecular flexibility index (Phi) is 2.70. The van der Waals surface area contributed by atoms with Crippen molar-refractivity contribution in [3.63, 3.8) is 0 Å². The van der Waals surface area contributed by atoms with Crippen molar-refractivity contribution in [2.24, 2.45) is 5.73 Å². The first-order valence-corrected chi connectivity index (χ1v) is 5.13. The summed E-state index contributed by atoms with van der Waals surface area (Å²) in [4.78, 5) is 28.3. The van der Waals surface area contributed by atoms with Crippen molar-refractivity contribution in [2.75, 3.05) is 11.4 Å². The largest absolute Gasteiger partial charge is 0.320 e. The van der Waals surface area contributed by atoms with Gasteiger partial charge in [-0.2, -0.15) is 0 Å². The van der Waals surface area contributed by atoms with Gasteiger partial charge in [-0.15, -0.1) is 0 Å². The second kappa shape index (κ2) is 4.02. The van der Waals surface area contributed by atoms with Crippen molar-refractivity contribution in [1.29, 1.82) is 0 Å². The number of nitrogens with zero attached hydrogens (tertiary/aromatic N) is 2. The summed E-state index contributed by atoms with van der Waals surface area (Å²) >= 11 is 0. The van der Waals surface area contributed by atoms with Crippen LogP contribution in [0.3, 0.4) is 0 Å². The van der Waals surface area contributed by atoms with Crippen molar-refractivity contribution in [2.45, 2.75) is 19.4 Å². The van der Waals surface area contributed by atoms with Gasteiger partial charge in [0.15, 0.2) is 5.78 Å². The van der Waals surface area contributed by atoms with E-state index in [1.165, 1.54) is 13.1 Å². The van der Waals surface area contributed by atoms with E-state index in [9.17, 15) is 9.59 Å². The third-order valence-corrected chi connectivity index (χ3v) is 2.68. The van der Waals surface area contributed by atoms with Crippen LogP contribution < -0.4 is 10.6 Å². The SMILES string of the molecule is CC(=O)c1ccc(N2CC[C@H](N)C2=O)nc1. The minimum Gasteiger partial charge on any atom is -0.320 e. The summed E-state index contributed by atoms with van der Waals surface area (Å²) in [5.74, 6) is 0.412. The van der Waals surface area contributed by atoms with Gasteiger partial charge in [-0.1, -0.05) is 0 Å². The predicted molar refractivity (Wildman–Crippen MR) is 59.2 cm³/mol. The molecule has 1 saturated heterocycles. The maximum Gasteiger partial charge on any atom is 0.245 e. The molecule has 0 unspecified atom stereocenters. The highest BCUT2D eigenvalue weighted by Gasteiger charge is 2.30. The lowest BCUT2D eigenvalue weighted by Gasteiger charge is -2.14. The van der Waals surface area contributed by atoms with Crippen LogP contribution in [0.4, 0.5) is 5.82 Å². The second-order valence-corrected chi connectivity index (χ2v) is 3.85. The van der Waals surface area contributed by atoms with Gasteiger partial charge >= 0.3 is 0 Å². The first-order chi connectivity index (χ1) is 7.59. The van der Waals surface area contributed by atoms with Gasteiger partial charge < -0.3 is 5.73 Å². The summed E-state index contributed by atoms with van der Waals surface area (Å²) in [6.07, 6.45) is 2.13. The number of carbonyl (C=O) groups is 2. The van der Waals surface area contributed by atoms with Crippen LogP contribution in [-0.2, 0) is 4.79 Å². The summed E-state index contributed by atoms with van der Waals surface area (Å²) in [7, 11) is 0. The number of aromatic nitrogens is 1. The molecule has 2 N–H and O–H groups in total. The zero-order valence-electron chi connectivity index (χ0n) is 9.01. The normalized spacial score (nSPS) is 20.2. The average Bonchev–Trinajstić information content (AvgIpc) is 2.60. The quantitative estimate of drug-likeness (QED) is 0.728. The minimum absolute atomic E-state index is 0.0384. The van der Waals surface area contributed by atoms with E-state index in [0.29, 0.717) is 24.3 Å². The Balaban J connectivity index is 2.22. The molecule has 1 aliphatic rings. The van der Waals surface area contributed by atoms with Crippen molar-refractivity contribution in [1.82, 2.24) is 4.98 Å². The predicted octanol–water partition coefficient (Wildman–Crippen LogP) is 0.348. The standard InChI is InChI=1S/C11H13N3O2/c1-7(15)8-2-3-10(13-6-8)14-5-4-9(12)11(14)16/h2-3,6,9H,4-5,12H2,1H3/t9-/m0/s1. The summed E-state index contributed by atoms with van der Waals surface area (Å²) < 4.78 is 0. The van der Waals surface area contributed by atoms with E-state index >= 15 is 0 Å². The molecule has 1 fully saturated rings. The third-order valence-electron chi connectivity index (χ3n) is 2.68. The summed E-state index contributed by atoms with van der Waals surface area (Å²) in [5, 5.41) is 0. The summed E-state index contributed by atoms with van der Waals surface area (Å²) in [5.41, 5.74) is 6.15. The Bertz CT molecular complexity index is 427. The highest BCUT2D eigenvalue weighted by molar-refractivity contribution is 5.99. The molecule has 2 rings (SSSR count). The number of nitrogens with two attached hydrogens (primary N) is 1. The molecule has 0 bridgehead atoms. The fourth-order valence-electron chi connectivity index (χ4n) is 1.68. The van der Waals surface area contributed by atoms with Gasteiger partial charge in [0.05, 0.1) is 6.04 Å². The number of hydrogen-bond donors (Lipinski definition) is 1. The zero-order chi connectivity index (χ0) is 11.7. The number of ketones is 1. The topological polar surface area (TPSA) is 76.3 Å². The molecule has 1 atom stereocenters. The molecular formula is C11H13N3O2. The molecule has 0 saturated carbocycles. The molecule has 1 amide bonds. The number of pyridine rings is 1. The Labute approximate surface area is 93.3 Å². The van der Waals surface area contributed by atoms with E-state index in [0.717, 1.165) is 0 Å². The van der Waals surface area contributed by atoms with Crippen molar-refractivity contribution in [3.8, 4) is 0 Å². The Hall–Kier alpha value is -1.75. The van der Waals surface area contributed by atoms with E-state index in [1.54, 1.807) is 17.0 Å². The molecular weight excluding hydrogens is 206 g/mol. The van der Waals surface area contributed by atoms with Crippen LogP contribution in [0.25, 0.3) is 0 Å². The molecule has 1 aromatic rings. The Morgan fingerprint density at radius 3 is 2.75 bits per heavy atom. The zero-order valence-corrected chi connectivity index (χ0v) is 9.01. The molecule has 5 nitrogen and oxygen atoms in total. The van der Waals surface area contributed by atoms with Gasteiger partial charge in [-0.3, -0.25) is 14.5 Å². The Morgan fingerprint density at radius 1 is 1.56 bits per heavy atom. The van der Waals surface area contributed by atoms with Gasteiger partial charge in [0.25, 0.3) is 0 Å². The molecule has 5 heteroatoms. The first kappa shape index (κ1) is 10.8. The van der Waals surface area contributed by atoms with E-state index in [2.05, 4.69) is 4.98 Å². The number of carbonyl (C=O) groups excluding carboxylic acids is 2. The maximum absolute atomic E-state index is 11.6. The smallest absolute Gasteiger partial charge is 0.245 e. The van der Waals surface area contributed by atoms with Crippen LogP contribution in [0.5, 0.6) is 0 Å². The molecule has 0 spiro atoms. The van der Waals surface area contributed by atoms with Crippen LogP contribution in [0, 0.1) is 0 Å². The lowest BCUT2D eigenvalue weighted by molar-refractivity contribution is -0.118. The molecule has 1 aromatic heterocycles. The van der Waals surface area contributed by atoms with Gasteiger partial charge in [0, 0.05) is 18.3 Å². The fraction of sp³-hybridized carbons (Fsp3) is 0.364. The average molecular weight is 219 g/mol. The third kappa shape index (κ3) is 1.81. The highest BCUT2D eigenvalue weighted by atomic mass is 16.2. The van der Waals surface area contributed by atoms with Crippen molar-refractivity contribution in [3.05, 3.63) is 23.9 Å². The lowest BCUT2D eigenvalue weighted by Crippen LogP contribution is -2.34. The van der Waals surface area contributed by atoms with Crippen LogP contribution in [-0.4, -0.2) is 29.3 Å². The summed E-state index contributed by atoms with van der Waals surface area (Å²) in [6, 6.07) is 2.92. The van der Waals surface area contributed by atoms with Crippen LogP contribution in [0.15, 0.2) is 18.3 Å². The lowest BCUT2D eigenvalue weighted by atomic mass is 10.2. The number of anilines is 1. The number of rotatable bonds is 2. The highest BCUT2D eigenvalue weighted by Crippen LogP contribution is 2.18. The number of Topliss-reactive ketones (excluding diaryl/α,β-unsaturated/α-hetero) is 1. The molecule has 0 aromatic carbocycles. The van der Waals surface area contributed by atoms with E-state index in [1.807, 2.05) is 0 Å². The van der Waals surface area contributed by atoms with E-state index in [-0.39, 0.29) is 11.7 Å². The van der Waals surface area contributed by atoms with Crippen LogP contribution >= 0.6 is 0 Å². The number of amides is 1. The monoisotopic (exact) mass is 219 g/mol. The molecule has 16 heavy (non-hydrogen) atoms. The van der Waals surface area contributed by atoms with Gasteiger partial charge in [0.1, 0.15) is 5.82 Å².